The number of carbonyl (C=O) groups excluding carboxylic acids is 1. The van der Waals surface area contributed by atoms with Crippen molar-refractivity contribution < 1.29 is 14.3 Å². The van der Waals surface area contributed by atoms with Crippen molar-refractivity contribution in [3.05, 3.63) is 18.2 Å². The number of fused-ring (bicyclic) bond motifs is 1. The van der Waals surface area contributed by atoms with Crippen molar-refractivity contribution in [2.24, 2.45) is 0 Å². The van der Waals surface area contributed by atoms with E-state index in [4.69, 9.17) is 9.47 Å². The molecule has 3 rings (SSSR count). The van der Waals surface area contributed by atoms with Gasteiger partial charge in [0, 0.05) is 18.3 Å². The molecule has 1 fully saturated rings. The summed E-state index contributed by atoms with van der Waals surface area (Å²) in [5.74, 6) is 1.58. The summed E-state index contributed by atoms with van der Waals surface area (Å²) in [5, 5.41) is 6.19. The average Bonchev–Trinajstić information content (AvgIpc) is 2.64. The van der Waals surface area contributed by atoms with Crippen LogP contribution < -0.4 is 20.1 Å². The van der Waals surface area contributed by atoms with E-state index in [0.717, 1.165) is 43.0 Å². The van der Waals surface area contributed by atoms with E-state index in [2.05, 4.69) is 10.6 Å². The van der Waals surface area contributed by atoms with Crippen LogP contribution in [0.5, 0.6) is 11.5 Å². The molecule has 0 unspecified atom stereocenters. The molecule has 1 amide bonds. The Balaban J connectivity index is 1.73. The second-order valence-corrected chi connectivity index (χ2v) is 4.84. The topological polar surface area (TPSA) is 59.6 Å². The molecule has 0 radical (unpaired) electrons. The molecule has 102 valence electrons. The van der Waals surface area contributed by atoms with Gasteiger partial charge in [0.05, 0.1) is 0 Å². The number of hydrogen-bond acceptors (Lipinski definition) is 4. The lowest BCUT2D eigenvalue weighted by molar-refractivity contribution is -0.121. The van der Waals surface area contributed by atoms with Crippen LogP contribution in [0.15, 0.2) is 18.2 Å². The van der Waals surface area contributed by atoms with Gasteiger partial charge in [0.25, 0.3) is 0 Å². The van der Waals surface area contributed by atoms with E-state index in [1.165, 1.54) is 0 Å². The van der Waals surface area contributed by atoms with Crippen LogP contribution in [0.3, 0.4) is 0 Å². The molecule has 2 aliphatic heterocycles. The third-order valence-electron chi connectivity index (χ3n) is 3.42. The van der Waals surface area contributed by atoms with E-state index >= 15 is 0 Å². The first-order valence-electron chi connectivity index (χ1n) is 6.77. The minimum atomic E-state index is -0.162. The zero-order valence-electron chi connectivity index (χ0n) is 10.8. The quantitative estimate of drug-likeness (QED) is 0.848. The van der Waals surface area contributed by atoms with Gasteiger partial charge in [-0.05, 0) is 31.4 Å². The number of amides is 1. The summed E-state index contributed by atoms with van der Waals surface area (Å²) in [6, 6.07) is 5.54. The number of ether oxygens (including phenoxy) is 2. The van der Waals surface area contributed by atoms with Crippen LogP contribution in [0.2, 0.25) is 0 Å². The van der Waals surface area contributed by atoms with Crippen molar-refractivity contribution in [1.29, 1.82) is 0 Å². The molecule has 2 aliphatic rings. The minimum Gasteiger partial charge on any atom is -0.486 e. The first-order valence-corrected chi connectivity index (χ1v) is 6.77. The van der Waals surface area contributed by atoms with Crippen LogP contribution in [0.25, 0.3) is 0 Å². The normalized spacial score (nSPS) is 22.3. The third kappa shape index (κ3) is 2.75. The summed E-state index contributed by atoms with van der Waals surface area (Å²) >= 11 is 0. The Morgan fingerprint density at radius 3 is 2.89 bits per heavy atom. The number of benzene rings is 1. The molecule has 1 aromatic carbocycles. The predicted octanol–water partition coefficient (Wildman–Crippen LogP) is 1.54. The Bertz CT molecular complexity index is 476. The van der Waals surface area contributed by atoms with E-state index in [1.807, 2.05) is 18.2 Å². The number of anilines is 1. The molecule has 5 heteroatoms. The smallest absolute Gasteiger partial charge is 0.242 e. The van der Waals surface area contributed by atoms with Gasteiger partial charge in [0.1, 0.15) is 19.3 Å². The SMILES string of the molecule is O=C1NCCCC[C@@H]1Nc1ccc2c(c1)OCCO2. The fourth-order valence-corrected chi connectivity index (χ4v) is 2.41. The highest BCUT2D eigenvalue weighted by molar-refractivity contribution is 5.84. The monoisotopic (exact) mass is 262 g/mol. The summed E-state index contributed by atoms with van der Waals surface area (Å²) in [4.78, 5) is 11.9. The molecule has 1 aromatic rings. The van der Waals surface area contributed by atoms with Crippen molar-refractivity contribution in [3.63, 3.8) is 0 Å². The van der Waals surface area contributed by atoms with Gasteiger partial charge < -0.3 is 20.1 Å². The van der Waals surface area contributed by atoms with Gasteiger partial charge in [-0.25, -0.2) is 0 Å². The molecule has 2 heterocycles. The van der Waals surface area contributed by atoms with Gasteiger partial charge in [-0.1, -0.05) is 0 Å². The highest BCUT2D eigenvalue weighted by Crippen LogP contribution is 2.33. The van der Waals surface area contributed by atoms with Crippen LogP contribution in [0.4, 0.5) is 5.69 Å². The highest BCUT2D eigenvalue weighted by atomic mass is 16.6. The van der Waals surface area contributed by atoms with E-state index in [0.29, 0.717) is 13.2 Å². The van der Waals surface area contributed by atoms with Gasteiger partial charge in [-0.15, -0.1) is 0 Å². The predicted molar refractivity (Wildman–Crippen MR) is 71.7 cm³/mol. The van der Waals surface area contributed by atoms with Gasteiger partial charge in [-0.3, -0.25) is 4.79 Å². The molecular formula is C14H18N2O3. The first-order chi connectivity index (χ1) is 9.33. The Morgan fingerprint density at radius 2 is 2.00 bits per heavy atom. The van der Waals surface area contributed by atoms with E-state index < -0.39 is 0 Å². The molecule has 0 aromatic heterocycles. The summed E-state index contributed by atoms with van der Waals surface area (Å²) in [5.41, 5.74) is 0.895. The van der Waals surface area contributed by atoms with Crippen molar-refractivity contribution in [1.82, 2.24) is 5.32 Å². The van der Waals surface area contributed by atoms with E-state index in [-0.39, 0.29) is 11.9 Å². The van der Waals surface area contributed by atoms with Crippen molar-refractivity contribution in [3.8, 4) is 11.5 Å². The van der Waals surface area contributed by atoms with Crippen LogP contribution in [-0.2, 0) is 4.79 Å². The Kier molecular flexibility index (Phi) is 3.44. The van der Waals surface area contributed by atoms with Crippen LogP contribution in [0.1, 0.15) is 19.3 Å². The summed E-state index contributed by atoms with van der Waals surface area (Å²) in [6.45, 7) is 1.93. The average molecular weight is 262 g/mol. The van der Waals surface area contributed by atoms with Crippen molar-refractivity contribution >= 4 is 11.6 Å². The molecule has 19 heavy (non-hydrogen) atoms. The summed E-state index contributed by atoms with van der Waals surface area (Å²) in [7, 11) is 0. The zero-order valence-corrected chi connectivity index (χ0v) is 10.8. The molecule has 0 spiro atoms. The fourth-order valence-electron chi connectivity index (χ4n) is 2.41. The van der Waals surface area contributed by atoms with Gasteiger partial charge in [-0.2, -0.15) is 0 Å². The van der Waals surface area contributed by atoms with Crippen LogP contribution >= 0.6 is 0 Å². The molecule has 0 bridgehead atoms. The molecule has 1 saturated heterocycles. The number of carbonyl (C=O) groups is 1. The Labute approximate surface area is 112 Å². The number of nitrogens with one attached hydrogen (secondary N) is 2. The second-order valence-electron chi connectivity index (χ2n) is 4.84. The van der Waals surface area contributed by atoms with Crippen molar-refractivity contribution in [2.45, 2.75) is 25.3 Å². The van der Waals surface area contributed by atoms with Gasteiger partial charge in [0.2, 0.25) is 5.91 Å². The molecule has 5 nitrogen and oxygen atoms in total. The maximum atomic E-state index is 11.9. The lowest BCUT2D eigenvalue weighted by Crippen LogP contribution is -2.37. The molecule has 0 saturated carbocycles. The second kappa shape index (κ2) is 5.38. The molecule has 2 N–H and O–H groups in total. The first kappa shape index (κ1) is 12.1. The number of hydrogen-bond donors (Lipinski definition) is 2. The van der Waals surface area contributed by atoms with Gasteiger partial charge in [0.15, 0.2) is 11.5 Å². The summed E-state index contributed by atoms with van der Waals surface area (Å²) < 4.78 is 11.0. The van der Waals surface area contributed by atoms with Crippen LogP contribution in [-0.4, -0.2) is 31.7 Å². The molecular weight excluding hydrogens is 244 g/mol. The third-order valence-corrected chi connectivity index (χ3v) is 3.42. The standard InChI is InChI=1S/C14H18N2O3/c17-14-11(3-1-2-6-15-14)16-10-4-5-12-13(9-10)19-8-7-18-12/h4-5,9,11,16H,1-3,6-8H2,(H,15,17)/t11-/m0/s1. The fraction of sp³-hybridized carbons (Fsp3) is 0.500. The Hall–Kier alpha value is -1.91. The summed E-state index contributed by atoms with van der Waals surface area (Å²) in [6.07, 6.45) is 2.96. The van der Waals surface area contributed by atoms with E-state index in [1.54, 1.807) is 0 Å². The molecule has 0 aliphatic carbocycles. The maximum Gasteiger partial charge on any atom is 0.242 e. The largest absolute Gasteiger partial charge is 0.486 e. The lowest BCUT2D eigenvalue weighted by atomic mass is 10.1. The zero-order chi connectivity index (χ0) is 13.1. The highest BCUT2D eigenvalue weighted by Gasteiger charge is 2.21. The Morgan fingerprint density at radius 1 is 1.16 bits per heavy atom. The van der Waals surface area contributed by atoms with Crippen molar-refractivity contribution in [2.75, 3.05) is 25.1 Å². The van der Waals surface area contributed by atoms with Crippen LogP contribution in [0, 0.1) is 0 Å². The van der Waals surface area contributed by atoms with E-state index in [9.17, 15) is 4.79 Å². The number of rotatable bonds is 2. The van der Waals surface area contributed by atoms with Gasteiger partial charge >= 0.3 is 0 Å². The lowest BCUT2D eigenvalue weighted by Gasteiger charge is -2.21. The molecule has 1 atom stereocenters. The minimum absolute atomic E-state index is 0.0763. The maximum absolute atomic E-state index is 11.9.